The number of aromatic nitrogens is 1. The summed E-state index contributed by atoms with van der Waals surface area (Å²) in [6.45, 7) is 6.61. The molecule has 47 heavy (non-hydrogen) atoms. The molecule has 0 aliphatic carbocycles. The Bertz CT molecular complexity index is 1910. The number of fused-ring (bicyclic) bond motifs is 1. The zero-order chi connectivity index (χ0) is 33.6. The average molecular weight is 656 g/mol. The molecule has 244 valence electrons. The van der Waals surface area contributed by atoms with Crippen LogP contribution in [0.2, 0.25) is 0 Å². The topological polar surface area (TPSA) is 148 Å². The maximum absolute atomic E-state index is 13.8. The molecule has 2 amide bonds. The number of carbonyl (C=O) groups is 2. The molecule has 5 aromatic rings. The third-order valence-electron chi connectivity index (χ3n) is 7.27. The molecule has 3 N–H and O–H groups in total. The van der Waals surface area contributed by atoms with Gasteiger partial charge >= 0.3 is 0 Å². The van der Waals surface area contributed by atoms with Crippen LogP contribution in [0.3, 0.4) is 0 Å². The van der Waals surface area contributed by atoms with Crippen LogP contribution in [0, 0.1) is 5.41 Å². The molecule has 10 nitrogen and oxygen atoms in total. The van der Waals surface area contributed by atoms with Gasteiger partial charge in [0.25, 0.3) is 16.0 Å². The number of oxazole rings is 1. The first kappa shape index (κ1) is 33.4. The van der Waals surface area contributed by atoms with Crippen molar-refractivity contribution in [1.82, 2.24) is 10.3 Å². The first-order chi connectivity index (χ1) is 22.3. The number of amides is 2. The van der Waals surface area contributed by atoms with Crippen LogP contribution in [0.25, 0.3) is 22.6 Å². The van der Waals surface area contributed by atoms with Crippen molar-refractivity contribution in [2.45, 2.75) is 33.1 Å². The molecule has 4 aromatic carbocycles. The van der Waals surface area contributed by atoms with Crippen LogP contribution in [0.5, 0.6) is 5.75 Å². The monoisotopic (exact) mass is 655 g/mol. The van der Waals surface area contributed by atoms with Gasteiger partial charge in [-0.3, -0.25) is 14.1 Å². The van der Waals surface area contributed by atoms with Gasteiger partial charge < -0.3 is 19.8 Å². The first-order valence-electron chi connectivity index (χ1n) is 15.1. The number of nitrogens with zero attached hydrogens (tertiary/aromatic N) is 1. The van der Waals surface area contributed by atoms with E-state index in [0.717, 1.165) is 22.2 Å². The third kappa shape index (κ3) is 9.50. The summed E-state index contributed by atoms with van der Waals surface area (Å²) in [5.74, 6) is -0.629. The number of hydrogen-bond donors (Lipinski definition) is 3. The van der Waals surface area contributed by atoms with Gasteiger partial charge in [0.2, 0.25) is 11.8 Å². The summed E-state index contributed by atoms with van der Waals surface area (Å²) in [4.78, 5) is 30.8. The number of carbonyl (C=O) groups excluding carboxylic acids is 2. The maximum atomic E-state index is 13.8. The Labute approximate surface area is 273 Å². The number of ether oxygens (including phenoxy) is 1. The van der Waals surface area contributed by atoms with E-state index in [1.165, 1.54) is 0 Å². The Morgan fingerprint density at radius 2 is 1.60 bits per heavy atom. The highest BCUT2D eigenvalue weighted by molar-refractivity contribution is 7.85. The van der Waals surface area contributed by atoms with Gasteiger partial charge in [-0.25, -0.2) is 4.98 Å². The van der Waals surface area contributed by atoms with E-state index in [9.17, 15) is 18.0 Å². The number of rotatable bonds is 12. The lowest BCUT2D eigenvalue weighted by Crippen LogP contribution is -2.28. The number of nitrogens with one attached hydrogen (secondary N) is 2. The molecule has 1 aromatic heterocycles. The second-order valence-corrected chi connectivity index (χ2v) is 14.0. The first-order valence-corrected chi connectivity index (χ1v) is 16.8. The summed E-state index contributed by atoms with van der Waals surface area (Å²) < 4.78 is 42.6. The fraction of sp³-hybridized carbons (Fsp3) is 0.250. The van der Waals surface area contributed by atoms with Crippen molar-refractivity contribution < 1.29 is 31.7 Å². The number of benzene rings is 4. The molecule has 5 rings (SSSR count). The highest BCUT2D eigenvalue weighted by Gasteiger charge is 2.23. The molecule has 0 aliphatic heterocycles. The number of hydrogen-bond acceptors (Lipinski definition) is 7. The molecule has 1 heterocycles. The van der Waals surface area contributed by atoms with Crippen LogP contribution in [-0.4, -0.2) is 48.7 Å². The summed E-state index contributed by atoms with van der Waals surface area (Å²) in [5, 5.41) is 5.50. The van der Waals surface area contributed by atoms with Gasteiger partial charge in [0.15, 0.2) is 5.58 Å². The van der Waals surface area contributed by atoms with Crippen LogP contribution in [0.4, 0.5) is 5.69 Å². The van der Waals surface area contributed by atoms with Crippen LogP contribution in [-0.2, 0) is 21.3 Å². The largest absolute Gasteiger partial charge is 0.493 e. The van der Waals surface area contributed by atoms with Crippen molar-refractivity contribution in [3.8, 4) is 17.2 Å². The number of anilines is 1. The van der Waals surface area contributed by atoms with E-state index in [1.807, 2.05) is 60.7 Å². The fourth-order valence-corrected chi connectivity index (χ4v) is 5.16. The molecule has 0 aliphatic rings. The second kappa shape index (κ2) is 14.2. The van der Waals surface area contributed by atoms with Gasteiger partial charge in [0, 0.05) is 23.4 Å². The van der Waals surface area contributed by atoms with Crippen molar-refractivity contribution in [1.29, 1.82) is 0 Å². The molecule has 11 heteroatoms. The highest BCUT2D eigenvalue weighted by Crippen LogP contribution is 2.28. The Hall–Kier alpha value is -5.00. The van der Waals surface area contributed by atoms with E-state index >= 15 is 0 Å². The molecule has 0 saturated carbocycles. The molecule has 0 radical (unpaired) electrons. The smallest absolute Gasteiger partial charge is 0.266 e. The number of para-hydroxylation sites is 2. The van der Waals surface area contributed by atoms with Crippen LogP contribution < -0.4 is 15.4 Å². The summed E-state index contributed by atoms with van der Waals surface area (Å²) in [7, 11) is -4.18. The highest BCUT2D eigenvalue weighted by atomic mass is 32.2. The van der Waals surface area contributed by atoms with Crippen LogP contribution >= 0.6 is 0 Å². The fourth-order valence-electron chi connectivity index (χ4n) is 4.80. The lowest BCUT2D eigenvalue weighted by Gasteiger charge is -2.20. The van der Waals surface area contributed by atoms with Gasteiger partial charge in [-0.2, -0.15) is 8.42 Å². The molecular weight excluding hydrogens is 618 g/mol. The quantitative estimate of drug-likeness (QED) is 0.129. The minimum atomic E-state index is -4.18. The van der Waals surface area contributed by atoms with Crippen molar-refractivity contribution >= 4 is 38.7 Å². The maximum Gasteiger partial charge on any atom is 0.266 e. The Morgan fingerprint density at radius 1 is 0.915 bits per heavy atom. The van der Waals surface area contributed by atoms with Gasteiger partial charge in [-0.1, -0.05) is 57.2 Å². The molecule has 1 unspecified atom stereocenters. The Kier molecular flexibility index (Phi) is 10.1. The minimum Gasteiger partial charge on any atom is -0.493 e. The standard InChI is InChI=1S/C36H37N3O7S/c1-36(2,3)23-45-29-18-14-25(15-19-29)30(22-24-8-10-26(11-9-24)33(40)37-20-21-47(42,43)44)34(41)38-28-16-12-27(13-17-28)35-39-31-6-4-5-7-32(31)46-35/h4-19,30H,20-23H2,1-3H3,(H,37,40)(H,38,41)(H,42,43,44). The molecule has 0 saturated heterocycles. The van der Waals surface area contributed by atoms with E-state index in [2.05, 4.69) is 36.4 Å². The molecule has 0 spiro atoms. The molecular formula is C36H37N3O7S. The average Bonchev–Trinajstić information content (AvgIpc) is 3.47. The van der Waals surface area contributed by atoms with E-state index in [0.29, 0.717) is 41.5 Å². The molecule has 0 fully saturated rings. The van der Waals surface area contributed by atoms with Gasteiger partial charge in [0.05, 0.1) is 18.3 Å². The van der Waals surface area contributed by atoms with Crippen LogP contribution in [0.15, 0.2) is 101 Å². The second-order valence-electron chi connectivity index (χ2n) is 12.5. The van der Waals surface area contributed by atoms with E-state index in [-0.39, 0.29) is 17.9 Å². The lowest BCUT2D eigenvalue weighted by atomic mass is 9.90. The predicted octanol–water partition coefficient (Wildman–Crippen LogP) is 6.50. The summed E-state index contributed by atoms with van der Waals surface area (Å²) >= 11 is 0. The van der Waals surface area contributed by atoms with E-state index in [1.54, 1.807) is 36.4 Å². The van der Waals surface area contributed by atoms with E-state index in [4.69, 9.17) is 13.7 Å². The minimum absolute atomic E-state index is 0.00326. The zero-order valence-corrected chi connectivity index (χ0v) is 27.2. The lowest BCUT2D eigenvalue weighted by molar-refractivity contribution is -0.117. The van der Waals surface area contributed by atoms with E-state index < -0.39 is 27.7 Å². The van der Waals surface area contributed by atoms with Crippen molar-refractivity contribution in [2.75, 3.05) is 24.2 Å². The van der Waals surface area contributed by atoms with Crippen molar-refractivity contribution in [3.63, 3.8) is 0 Å². The van der Waals surface area contributed by atoms with Gasteiger partial charge in [-0.05, 0) is 83.6 Å². The van der Waals surface area contributed by atoms with Crippen LogP contribution in [0.1, 0.15) is 48.2 Å². The normalized spacial score (nSPS) is 12.4. The summed E-state index contributed by atoms with van der Waals surface area (Å²) in [5.41, 5.74) is 4.79. The van der Waals surface area contributed by atoms with Crippen molar-refractivity contribution in [2.24, 2.45) is 5.41 Å². The SMILES string of the molecule is CC(C)(C)COc1ccc(C(Cc2ccc(C(=O)NCCS(=O)(=O)O)cc2)C(=O)Nc2ccc(-c3nc4ccccc4o3)cc2)cc1. The summed E-state index contributed by atoms with van der Waals surface area (Å²) in [6, 6.07) is 29.1. The molecule has 0 bridgehead atoms. The Balaban J connectivity index is 1.32. The Morgan fingerprint density at radius 3 is 2.23 bits per heavy atom. The van der Waals surface area contributed by atoms with Gasteiger partial charge in [-0.15, -0.1) is 0 Å². The van der Waals surface area contributed by atoms with Crippen molar-refractivity contribution in [3.05, 3.63) is 114 Å². The predicted molar refractivity (Wildman–Crippen MR) is 181 cm³/mol. The molecule has 1 atom stereocenters. The third-order valence-corrected chi connectivity index (χ3v) is 7.99. The van der Waals surface area contributed by atoms with Gasteiger partial charge in [0.1, 0.15) is 11.3 Å². The zero-order valence-electron chi connectivity index (χ0n) is 26.4. The summed E-state index contributed by atoms with van der Waals surface area (Å²) in [6.07, 6.45) is 0.347.